The molecule has 3 heteroatoms. The lowest BCUT2D eigenvalue weighted by Gasteiger charge is -2.14. The van der Waals surface area contributed by atoms with Crippen LogP contribution in [-0.2, 0) is 0 Å². The van der Waals surface area contributed by atoms with Crippen LogP contribution < -0.4 is 5.30 Å². The Balaban J connectivity index is 2.32. The number of benzene rings is 1. The van der Waals surface area contributed by atoms with Crippen molar-refractivity contribution >= 4 is 14.5 Å². The highest BCUT2D eigenvalue weighted by atomic mass is 31.0. The Morgan fingerprint density at radius 3 is 2.00 bits per heavy atom. The molecule has 0 aliphatic rings. The molecule has 2 nitrogen and oxygen atoms in total. The molecule has 0 bridgehead atoms. The Hall–Kier alpha value is -2.05. The second-order valence-corrected chi connectivity index (χ2v) is 5.73. The molecule has 0 N–H and O–H groups in total. The molecule has 1 atom stereocenters. The average molecular weight is 292 g/mol. The maximum atomic E-state index is 4.58. The summed E-state index contributed by atoms with van der Waals surface area (Å²) in [7, 11) is 2.82. The van der Waals surface area contributed by atoms with E-state index in [1.165, 1.54) is 11.1 Å². The lowest BCUT2D eigenvalue weighted by molar-refractivity contribution is 1.25. The second-order valence-electron chi connectivity index (χ2n) is 5.11. The van der Waals surface area contributed by atoms with Crippen LogP contribution in [0.4, 0.5) is 0 Å². The number of aryl methyl sites for hydroxylation is 2. The minimum absolute atomic E-state index is 1.02. The van der Waals surface area contributed by atoms with Gasteiger partial charge in [-0.2, -0.15) is 0 Å². The van der Waals surface area contributed by atoms with E-state index in [0.29, 0.717) is 0 Å². The van der Waals surface area contributed by atoms with Crippen molar-refractivity contribution in [2.75, 3.05) is 0 Å². The fraction of sp³-hybridized carbons (Fsp3) is 0.111. The molecule has 104 valence electrons. The third-order valence-electron chi connectivity index (χ3n) is 3.61. The van der Waals surface area contributed by atoms with Crippen molar-refractivity contribution in [1.29, 1.82) is 0 Å². The Kier molecular flexibility index (Phi) is 3.81. The minimum Gasteiger partial charge on any atom is -0.256 e. The zero-order valence-electron chi connectivity index (χ0n) is 12.2. The van der Waals surface area contributed by atoms with E-state index in [0.717, 1.165) is 27.8 Å². The first kappa shape index (κ1) is 13.9. The Labute approximate surface area is 127 Å². The number of hydrogen-bond donors (Lipinski definition) is 0. The van der Waals surface area contributed by atoms with Crippen LogP contribution in [0.2, 0.25) is 0 Å². The third-order valence-corrected chi connectivity index (χ3v) is 4.09. The summed E-state index contributed by atoms with van der Waals surface area (Å²) in [4.78, 5) is 9.15. The van der Waals surface area contributed by atoms with Gasteiger partial charge in [0.2, 0.25) is 0 Å². The summed E-state index contributed by atoms with van der Waals surface area (Å²) in [5.41, 5.74) is 6.64. The molecule has 0 radical (unpaired) electrons. The molecule has 0 aliphatic carbocycles. The van der Waals surface area contributed by atoms with E-state index in [1.54, 1.807) is 0 Å². The monoisotopic (exact) mass is 292 g/mol. The summed E-state index contributed by atoms with van der Waals surface area (Å²) in [6.07, 6.45) is 3.68. The predicted molar refractivity (Wildman–Crippen MR) is 91.7 cm³/mol. The van der Waals surface area contributed by atoms with Crippen molar-refractivity contribution in [2.24, 2.45) is 0 Å². The van der Waals surface area contributed by atoms with Crippen molar-refractivity contribution in [3.8, 4) is 22.5 Å². The van der Waals surface area contributed by atoms with E-state index in [2.05, 4.69) is 63.4 Å². The molecule has 0 saturated heterocycles. The average Bonchev–Trinajstić information content (AvgIpc) is 2.49. The van der Waals surface area contributed by atoms with Gasteiger partial charge in [-0.25, -0.2) is 0 Å². The highest BCUT2D eigenvalue weighted by Gasteiger charge is 2.15. The molecule has 0 aliphatic heterocycles. The van der Waals surface area contributed by atoms with Crippen LogP contribution in [0, 0.1) is 13.8 Å². The van der Waals surface area contributed by atoms with E-state index in [-0.39, 0.29) is 0 Å². The summed E-state index contributed by atoms with van der Waals surface area (Å²) in [5, 5.41) is 1.14. The van der Waals surface area contributed by atoms with Crippen LogP contribution in [0.1, 0.15) is 11.1 Å². The van der Waals surface area contributed by atoms with Crippen molar-refractivity contribution < 1.29 is 0 Å². The van der Waals surface area contributed by atoms with Gasteiger partial charge in [0.1, 0.15) is 0 Å². The van der Waals surface area contributed by atoms with Crippen LogP contribution in [0.5, 0.6) is 0 Å². The first-order chi connectivity index (χ1) is 10.2. The van der Waals surface area contributed by atoms with Gasteiger partial charge in [-0.3, -0.25) is 9.97 Å². The number of pyridine rings is 2. The number of rotatable bonds is 2. The predicted octanol–water partition coefficient (Wildman–Crippen LogP) is 3.93. The SMILES string of the molecule is Cc1cccnc1-c1cccc(P)c1-c1ncccc1C. The van der Waals surface area contributed by atoms with Gasteiger partial charge >= 0.3 is 0 Å². The quantitative estimate of drug-likeness (QED) is 0.669. The molecule has 0 fully saturated rings. The van der Waals surface area contributed by atoms with Crippen LogP contribution in [0.3, 0.4) is 0 Å². The van der Waals surface area contributed by atoms with Gasteiger partial charge in [-0.05, 0) is 42.4 Å². The highest BCUT2D eigenvalue weighted by Crippen LogP contribution is 2.32. The van der Waals surface area contributed by atoms with Crippen molar-refractivity contribution in [3.05, 3.63) is 66.0 Å². The van der Waals surface area contributed by atoms with Gasteiger partial charge in [0.05, 0.1) is 11.4 Å². The van der Waals surface area contributed by atoms with E-state index < -0.39 is 0 Å². The van der Waals surface area contributed by atoms with Crippen molar-refractivity contribution in [3.63, 3.8) is 0 Å². The van der Waals surface area contributed by atoms with Gasteiger partial charge < -0.3 is 0 Å². The number of aromatic nitrogens is 2. The lowest BCUT2D eigenvalue weighted by atomic mass is 9.96. The largest absolute Gasteiger partial charge is 0.256 e. The summed E-state index contributed by atoms with van der Waals surface area (Å²) in [5.74, 6) is 0. The van der Waals surface area contributed by atoms with Crippen molar-refractivity contribution in [1.82, 2.24) is 9.97 Å². The van der Waals surface area contributed by atoms with E-state index in [4.69, 9.17) is 0 Å². The Morgan fingerprint density at radius 2 is 1.38 bits per heavy atom. The molecule has 21 heavy (non-hydrogen) atoms. The van der Waals surface area contributed by atoms with Crippen molar-refractivity contribution in [2.45, 2.75) is 13.8 Å². The van der Waals surface area contributed by atoms with Gasteiger partial charge in [-0.1, -0.05) is 30.3 Å². The molecule has 0 spiro atoms. The highest BCUT2D eigenvalue weighted by molar-refractivity contribution is 7.28. The molecule has 3 aromatic rings. The molecule has 3 rings (SSSR count). The maximum absolute atomic E-state index is 4.58. The first-order valence-corrected chi connectivity index (χ1v) is 7.48. The Bertz CT molecular complexity index is 797. The summed E-state index contributed by atoms with van der Waals surface area (Å²) in [6.45, 7) is 4.18. The standard InChI is InChI=1S/C18H17N2P/c1-12-6-4-10-19-17(12)14-8-3-9-15(21)16(14)18-13(2)7-5-11-20-18/h3-11H,21H2,1-2H3. The van der Waals surface area contributed by atoms with Gasteiger partial charge in [-0.15, -0.1) is 9.24 Å². The molecule has 0 saturated carbocycles. The van der Waals surface area contributed by atoms with Crippen LogP contribution in [0.25, 0.3) is 22.5 Å². The van der Waals surface area contributed by atoms with Gasteiger partial charge in [0.15, 0.2) is 0 Å². The Morgan fingerprint density at radius 1 is 0.762 bits per heavy atom. The third kappa shape index (κ3) is 2.59. The topological polar surface area (TPSA) is 25.8 Å². The van der Waals surface area contributed by atoms with Crippen LogP contribution in [-0.4, -0.2) is 9.97 Å². The number of nitrogens with zero attached hydrogens (tertiary/aromatic N) is 2. The van der Waals surface area contributed by atoms with Crippen LogP contribution >= 0.6 is 9.24 Å². The van der Waals surface area contributed by atoms with Crippen LogP contribution in [0.15, 0.2) is 54.9 Å². The first-order valence-electron chi connectivity index (χ1n) is 6.91. The zero-order chi connectivity index (χ0) is 14.8. The van der Waals surface area contributed by atoms with E-state index >= 15 is 0 Å². The summed E-state index contributed by atoms with van der Waals surface area (Å²) >= 11 is 0. The fourth-order valence-electron chi connectivity index (χ4n) is 2.55. The molecule has 0 amide bonds. The molecule has 1 unspecified atom stereocenters. The smallest absolute Gasteiger partial charge is 0.0744 e. The fourth-order valence-corrected chi connectivity index (χ4v) is 2.95. The molecule has 2 aromatic heterocycles. The minimum atomic E-state index is 1.02. The number of hydrogen-bond acceptors (Lipinski definition) is 2. The second kappa shape index (κ2) is 5.75. The summed E-state index contributed by atoms with van der Waals surface area (Å²) in [6, 6.07) is 14.4. The van der Waals surface area contributed by atoms with Gasteiger partial charge in [0.25, 0.3) is 0 Å². The summed E-state index contributed by atoms with van der Waals surface area (Å²) < 4.78 is 0. The lowest BCUT2D eigenvalue weighted by Crippen LogP contribution is -2.03. The normalized spacial score (nSPS) is 10.6. The molecule has 1 aromatic carbocycles. The molecule has 2 heterocycles. The maximum Gasteiger partial charge on any atom is 0.0744 e. The van der Waals surface area contributed by atoms with E-state index in [1.807, 2.05) is 24.5 Å². The molecular weight excluding hydrogens is 275 g/mol. The van der Waals surface area contributed by atoms with Gasteiger partial charge in [0, 0.05) is 23.5 Å². The molecular formula is C18H17N2P. The zero-order valence-corrected chi connectivity index (χ0v) is 13.3. The van der Waals surface area contributed by atoms with E-state index in [9.17, 15) is 0 Å².